The summed E-state index contributed by atoms with van der Waals surface area (Å²) in [6.07, 6.45) is 4.18. The van der Waals surface area contributed by atoms with Gasteiger partial charge in [-0.15, -0.1) is 0 Å². The van der Waals surface area contributed by atoms with Gasteiger partial charge in [0.15, 0.2) is 0 Å². The highest BCUT2D eigenvalue weighted by molar-refractivity contribution is 5.83. The zero-order valence-corrected chi connectivity index (χ0v) is 12.4. The van der Waals surface area contributed by atoms with Crippen molar-refractivity contribution in [2.75, 3.05) is 0 Å². The lowest BCUT2D eigenvalue weighted by atomic mass is 10.2. The molecule has 12 heteroatoms. The molecule has 12 nitrogen and oxygen atoms in total. The van der Waals surface area contributed by atoms with Crippen LogP contribution in [0.2, 0.25) is 0 Å². The molecule has 2 aromatic heterocycles. The Kier molecular flexibility index (Phi) is 4.47. The number of nitrogens with zero attached hydrogens (tertiary/aromatic N) is 4. The number of carboxylic acids is 1. The molecule has 25 heavy (non-hydrogen) atoms. The fraction of sp³-hybridized carbons (Fsp3) is 0.0769. The molecular weight excluding hydrogens is 338 g/mol. The fourth-order valence-electron chi connectivity index (χ4n) is 2.34. The van der Waals surface area contributed by atoms with E-state index in [2.05, 4.69) is 9.97 Å². The normalized spacial score (nSPS) is 10.4. The third kappa shape index (κ3) is 3.00. The number of rotatable bonds is 4. The molecule has 3 rings (SSSR count). The van der Waals surface area contributed by atoms with Crippen molar-refractivity contribution in [1.29, 1.82) is 0 Å². The van der Waals surface area contributed by atoms with Crippen molar-refractivity contribution in [3.8, 4) is 5.69 Å². The number of fused-ring (bicyclic) bond motifs is 1. The largest absolute Gasteiger partial charge is 0.480 e. The number of carbonyl (C=O) groups is 1. The Hall–Kier alpha value is -3.80. The van der Waals surface area contributed by atoms with Crippen molar-refractivity contribution < 1.29 is 20.3 Å². The van der Waals surface area contributed by atoms with E-state index in [1.54, 1.807) is 0 Å². The summed E-state index contributed by atoms with van der Waals surface area (Å²) in [5.74, 6) is -1.33. The monoisotopic (exact) mass is 349 g/mol. The standard InChI is InChI=1S/C13H9N5O6.H2O/c19-11(20)5-17-8-4-9(16-2-1-14-6-16)10(18(23)24)3-7(8)15-12(21)13(17)22;/h1-4,6H,5H2,(H,15,21)(H,19,20);1H2. The maximum atomic E-state index is 11.9. The van der Waals surface area contributed by atoms with Gasteiger partial charge in [-0.2, -0.15) is 0 Å². The van der Waals surface area contributed by atoms with Crippen LogP contribution >= 0.6 is 0 Å². The number of hydrogen-bond acceptors (Lipinski definition) is 6. The molecule has 0 saturated carbocycles. The van der Waals surface area contributed by atoms with Crippen molar-refractivity contribution in [3.63, 3.8) is 0 Å². The minimum absolute atomic E-state index is 0. The lowest BCUT2D eigenvalue weighted by molar-refractivity contribution is -0.384. The Labute approximate surface area is 137 Å². The quantitative estimate of drug-likeness (QED) is 0.345. The van der Waals surface area contributed by atoms with Crippen LogP contribution < -0.4 is 11.1 Å². The van der Waals surface area contributed by atoms with Crippen LogP contribution in [-0.2, 0) is 11.3 Å². The average molecular weight is 349 g/mol. The molecule has 0 aliphatic carbocycles. The molecule has 3 aromatic rings. The molecule has 4 N–H and O–H groups in total. The molecule has 0 amide bonds. The van der Waals surface area contributed by atoms with Gasteiger partial charge in [-0.25, -0.2) is 4.98 Å². The molecule has 0 fully saturated rings. The van der Waals surface area contributed by atoms with Crippen LogP contribution in [0.1, 0.15) is 0 Å². The van der Waals surface area contributed by atoms with E-state index in [0.717, 1.165) is 10.6 Å². The van der Waals surface area contributed by atoms with E-state index in [-0.39, 0.29) is 27.9 Å². The molecule has 0 atom stereocenters. The van der Waals surface area contributed by atoms with Crippen molar-refractivity contribution in [2.24, 2.45) is 0 Å². The summed E-state index contributed by atoms with van der Waals surface area (Å²) < 4.78 is 2.10. The number of benzene rings is 1. The van der Waals surface area contributed by atoms with E-state index in [0.29, 0.717) is 0 Å². The van der Waals surface area contributed by atoms with Crippen molar-refractivity contribution >= 4 is 22.7 Å². The van der Waals surface area contributed by atoms with Gasteiger partial charge in [0.25, 0.3) is 5.69 Å². The number of aromatic amines is 1. The number of H-pyrrole nitrogens is 1. The SMILES string of the molecule is O.O=C(O)Cn1c(=O)c(=O)[nH]c2cc([N+](=O)[O-])c(-n3ccnc3)cc21. The minimum Gasteiger partial charge on any atom is -0.480 e. The summed E-state index contributed by atoms with van der Waals surface area (Å²) in [6.45, 7) is -0.750. The summed E-state index contributed by atoms with van der Waals surface area (Å²) >= 11 is 0. The Balaban J connectivity index is 0.00000225. The van der Waals surface area contributed by atoms with E-state index >= 15 is 0 Å². The van der Waals surface area contributed by atoms with Gasteiger partial charge in [-0.3, -0.25) is 29.1 Å². The third-order valence-electron chi connectivity index (χ3n) is 3.34. The molecule has 1 aromatic carbocycles. The number of aromatic nitrogens is 4. The van der Waals surface area contributed by atoms with E-state index in [1.165, 1.54) is 29.4 Å². The van der Waals surface area contributed by atoms with Gasteiger partial charge < -0.3 is 20.1 Å². The highest BCUT2D eigenvalue weighted by atomic mass is 16.6. The number of hydrogen-bond donors (Lipinski definition) is 2. The van der Waals surface area contributed by atoms with Crippen molar-refractivity contribution in [2.45, 2.75) is 6.54 Å². The molecule has 0 bridgehead atoms. The Bertz CT molecular complexity index is 1080. The average Bonchev–Trinajstić information content (AvgIpc) is 3.04. The number of nitrogens with one attached hydrogen (secondary N) is 1. The first-order valence-electron chi connectivity index (χ1n) is 6.54. The van der Waals surface area contributed by atoms with Crippen LogP contribution in [0.3, 0.4) is 0 Å². The summed E-state index contributed by atoms with van der Waals surface area (Å²) in [6, 6.07) is 2.33. The molecule has 0 radical (unpaired) electrons. The zero-order chi connectivity index (χ0) is 17.4. The molecular formula is C13H11N5O7. The number of aliphatic carboxylic acids is 1. The van der Waals surface area contributed by atoms with Gasteiger partial charge in [0.2, 0.25) is 0 Å². The first kappa shape index (κ1) is 17.6. The van der Waals surface area contributed by atoms with Gasteiger partial charge in [-0.1, -0.05) is 0 Å². The molecule has 0 aliphatic rings. The Morgan fingerprint density at radius 3 is 2.64 bits per heavy atom. The summed E-state index contributed by atoms with van der Waals surface area (Å²) in [4.78, 5) is 51.2. The first-order chi connectivity index (χ1) is 11.4. The van der Waals surface area contributed by atoms with E-state index in [9.17, 15) is 24.5 Å². The summed E-state index contributed by atoms with van der Waals surface area (Å²) in [5.41, 5.74) is -2.34. The highest BCUT2D eigenvalue weighted by Gasteiger charge is 2.20. The topological polar surface area (TPSA) is 185 Å². The summed E-state index contributed by atoms with van der Waals surface area (Å²) in [7, 11) is 0. The lowest BCUT2D eigenvalue weighted by Crippen LogP contribution is -2.37. The van der Waals surface area contributed by atoms with Crippen LogP contribution in [0, 0.1) is 10.1 Å². The third-order valence-corrected chi connectivity index (χ3v) is 3.34. The van der Waals surface area contributed by atoms with Gasteiger partial charge in [0.05, 0.1) is 22.3 Å². The van der Waals surface area contributed by atoms with Gasteiger partial charge in [0, 0.05) is 18.5 Å². The van der Waals surface area contributed by atoms with Crippen molar-refractivity contribution in [1.82, 2.24) is 19.1 Å². The maximum absolute atomic E-state index is 11.9. The number of imidazole rings is 1. The second-order valence-electron chi connectivity index (χ2n) is 4.82. The summed E-state index contributed by atoms with van der Waals surface area (Å²) in [5, 5.41) is 20.2. The first-order valence-corrected chi connectivity index (χ1v) is 6.54. The lowest BCUT2D eigenvalue weighted by Gasteiger charge is -2.10. The van der Waals surface area contributed by atoms with Gasteiger partial charge in [-0.05, 0) is 6.07 Å². The number of nitro groups is 1. The van der Waals surface area contributed by atoms with Gasteiger partial charge >= 0.3 is 17.1 Å². The van der Waals surface area contributed by atoms with E-state index in [1.807, 2.05) is 0 Å². The smallest absolute Gasteiger partial charge is 0.323 e. The van der Waals surface area contributed by atoms with Gasteiger partial charge in [0.1, 0.15) is 12.2 Å². The van der Waals surface area contributed by atoms with Crippen LogP contribution in [0.4, 0.5) is 5.69 Å². The van der Waals surface area contributed by atoms with Crippen LogP contribution in [0.15, 0.2) is 40.4 Å². The predicted octanol–water partition coefficient (Wildman–Crippen LogP) is -0.956. The van der Waals surface area contributed by atoms with Crippen LogP contribution in [0.5, 0.6) is 0 Å². The van der Waals surface area contributed by atoms with E-state index < -0.39 is 28.6 Å². The second-order valence-corrected chi connectivity index (χ2v) is 4.82. The molecule has 0 saturated heterocycles. The molecule has 0 spiro atoms. The second kappa shape index (κ2) is 6.37. The van der Waals surface area contributed by atoms with Crippen molar-refractivity contribution in [3.05, 3.63) is 61.7 Å². The predicted molar refractivity (Wildman–Crippen MR) is 83.9 cm³/mol. The minimum atomic E-state index is -1.33. The van der Waals surface area contributed by atoms with E-state index in [4.69, 9.17) is 5.11 Å². The zero-order valence-electron chi connectivity index (χ0n) is 12.4. The fourth-order valence-corrected chi connectivity index (χ4v) is 2.34. The Morgan fingerprint density at radius 2 is 2.08 bits per heavy atom. The molecule has 0 unspecified atom stereocenters. The van der Waals surface area contributed by atoms with Crippen LogP contribution in [-0.4, -0.2) is 40.6 Å². The number of nitro benzene ring substituents is 1. The highest BCUT2D eigenvalue weighted by Crippen LogP contribution is 2.27. The maximum Gasteiger partial charge on any atom is 0.323 e. The molecule has 130 valence electrons. The Morgan fingerprint density at radius 1 is 1.36 bits per heavy atom. The molecule has 2 heterocycles. The number of carboxylic acid groups (broad SMARTS) is 1. The molecule has 0 aliphatic heterocycles. The van der Waals surface area contributed by atoms with Crippen LogP contribution in [0.25, 0.3) is 16.7 Å².